The Kier molecular flexibility index (Phi) is 10.6. The first-order chi connectivity index (χ1) is 21.8. The van der Waals surface area contributed by atoms with Gasteiger partial charge in [0.2, 0.25) is 5.95 Å². The first kappa shape index (κ1) is 32.3. The maximum Gasteiger partial charge on any atom is 0.341 e. The summed E-state index contributed by atoms with van der Waals surface area (Å²) in [7, 11) is 1.68. The number of carboxylic acid groups (broad SMARTS) is 1. The number of carbonyl (C=O) groups excluding carboxylic acids is 1. The zero-order valence-corrected chi connectivity index (χ0v) is 26.3. The highest BCUT2D eigenvalue weighted by Gasteiger charge is 2.38. The van der Waals surface area contributed by atoms with Crippen LogP contribution in [0.25, 0.3) is 0 Å². The van der Waals surface area contributed by atoms with Gasteiger partial charge < -0.3 is 24.5 Å². The Morgan fingerprint density at radius 2 is 1.67 bits per heavy atom. The zero-order chi connectivity index (χ0) is 31.9. The van der Waals surface area contributed by atoms with Crippen molar-refractivity contribution >= 4 is 35.0 Å². The van der Waals surface area contributed by atoms with Crippen LogP contribution < -0.4 is 9.80 Å². The van der Waals surface area contributed by atoms with Gasteiger partial charge in [-0.15, -0.1) is 0 Å². The summed E-state index contributed by atoms with van der Waals surface area (Å²) in [6.07, 6.45) is 9.87. The van der Waals surface area contributed by atoms with Crippen LogP contribution in [0.5, 0.6) is 0 Å². The Morgan fingerprint density at radius 3 is 2.27 bits per heavy atom. The lowest BCUT2D eigenvalue weighted by molar-refractivity contribution is -0.134. The van der Waals surface area contributed by atoms with E-state index in [0.717, 1.165) is 37.9 Å². The molecule has 1 aliphatic carbocycles. The number of fused-ring (bicyclic) bond motifs is 1. The van der Waals surface area contributed by atoms with Gasteiger partial charge in [-0.3, -0.25) is 9.69 Å². The van der Waals surface area contributed by atoms with Gasteiger partial charge in [0.25, 0.3) is 0 Å². The molecule has 0 bridgehead atoms. The molecule has 6 rings (SSSR count). The molecule has 1 unspecified atom stereocenters. The molecule has 4 heterocycles. The molecule has 0 spiro atoms. The van der Waals surface area contributed by atoms with Crippen LogP contribution in [-0.2, 0) is 20.9 Å². The van der Waals surface area contributed by atoms with E-state index in [2.05, 4.69) is 19.6 Å². The number of hydrogen-bond donors (Lipinski definition) is 1. The van der Waals surface area contributed by atoms with E-state index >= 15 is 4.39 Å². The van der Waals surface area contributed by atoms with Crippen molar-refractivity contribution in [3.63, 3.8) is 0 Å². The van der Waals surface area contributed by atoms with E-state index in [1.54, 1.807) is 36.5 Å². The number of carbonyl (C=O) groups is 2. The summed E-state index contributed by atoms with van der Waals surface area (Å²) in [5.74, 6) is -2.16. The molecule has 1 aromatic heterocycles. The van der Waals surface area contributed by atoms with Crippen LogP contribution in [0, 0.1) is 0 Å². The highest BCUT2D eigenvalue weighted by Crippen LogP contribution is 2.37. The largest absolute Gasteiger partial charge is 0.477 e. The second-order valence-corrected chi connectivity index (χ2v) is 11.5. The number of allylic oxidation sites excluding steroid dienone is 3. The Labute approximate surface area is 267 Å². The van der Waals surface area contributed by atoms with Crippen molar-refractivity contribution in [3.05, 3.63) is 94.3 Å². The lowest BCUT2D eigenvalue weighted by atomic mass is 9.91. The lowest BCUT2D eigenvalue weighted by Crippen LogP contribution is -2.46. The summed E-state index contributed by atoms with van der Waals surface area (Å²) in [6.45, 7) is 7.83. The second kappa shape index (κ2) is 14.8. The molecule has 0 amide bonds. The van der Waals surface area contributed by atoms with Crippen LogP contribution in [0.2, 0.25) is 0 Å². The SMILES string of the molecule is CCOC.O=C(O)C1=CN(c2ccc(CN3CCCC3)cc2)C2C=C(Cl)C(N3CCN(c4ncccn4)CC3)=C(F)C=C2C1=O. The molecule has 4 aliphatic rings. The molecule has 0 saturated carbocycles. The molecular formula is C33H38ClFN6O4. The molecule has 3 aliphatic heterocycles. The number of ether oxygens (including phenoxy) is 1. The number of aromatic nitrogens is 2. The van der Waals surface area contributed by atoms with E-state index in [9.17, 15) is 14.7 Å². The quantitative estimate of drug-likeness (QED) is 0.437. The van der Waals surface area contributed by atoms with Crippen molar-refractivity contribution in [2.45, 2.75) is 32.4 Å². The summed E-state index contributed by atoms with van der Waals surface area (Å²) in [5, 5.41) is 9.98. The number of likely N-dealkylation sites (tertiary alicyclic amines) is 1. The van der Waals surface area contributed by atoms with Crippen molar-refractivity contribution in [2.24, 2.45) is 0 Å². The minimum absolute atomic E-state index is 0.0213. The molecule has 1 atom stereocenters. The summed E-state index contributed by atoms with van der Waals surface area (Å²) >= 11 is 6.78. The van der Waals surface area contributed by atoms with Gasteiger partial charge in [0, 0.05) is 76.3 Å². The number of carboxylic acids is 1. The van der Waals surface area contributed by atoms with Crippen LogP contribution in [0.3, 0.4) is 0 Å². The van der Waals surface area contributed by atoms with E-state index in [1.165, 1.54) is 19.0 Å². The number of ketones is 1. The number of benzene rings is 1. The summed E-state index contributed by atoms with van der Waals surface area (Å²) in [6, 6.07) is 8.79. The molecule has 45 heavy (non-hydrogen) atoms. The third-order valence-electron chi connectivity index (χ3n) is 8.22. The van der Waals surface area contributed by atoms with Gasteiger partial charge in [-0.2, -0.15) is 0 Å². The number of anilines is 2. The van der Waals surface area contributed by atoms with Gasteiger partial charge in [-0.25, -0.2) is 19.2 Å². The highest BCUT2D eigenvalue weighted by molar-refractivity contribution is 6.32. The average Bonchev–Trinajstić information content (AvgIpc) is 3.52. The van der Waals surface area contributed by atoms with Crippen LogP contribution in [0.1, 0.15) is 25.3 Å². The van der Waals surface area contributed by atoms with Crippen molar-refractivity contribution in [3.8, 4) is 0 Å². The molecule has 1 N–H and O–H groups in total. The van der Waals surface area contributed by atoms with Gasteiger partial charge >= 0.3 is 5.97 Å². The number of nitrogens with zero attached hydrogens (tertiary/aromatic N) is 6. The van der Waals surface area contributed by atoms with Gasteiger partial charge in [0.05, 0.1) is 16.8 Å². The number of aliphatic carboxylic acids is 1. The number of piperazine rings is 1. The maximum atomic E-state index is 15.9. The van der Waals surface area contributed by atoms with Gasteiger partial charge in [-0.05, 0) is 68.8 Å². The van der Waals surface area contributed by atoms with Crippen molar-refractivity contribution in [1.29, 1.82) is 0 Å². The Bertz CT molecular complexity index is 1490. The van der Waals surface area contributed by atoms with Crippen molar-refractivity contribution in [2.75, 3.05) is 62.8 Å². The minimum Gasteiger partial charge on any atom is -0.477 e. The van der Waals surface area contributed by atoms with Gasteiger partial charge in [0.15, 0.2) is 5.78 Å². The molecule has 2 fully saturated rings. The summed E-state index contributed by atoms with van der Waals surface area (Å²) < 4.78 is 20.4. The normalized spacial score (nSPS) is 20.5. The number of rotatable bonds is 7. The number of methoxy groups -OCH3 is 1. The predicted octanol–water partition coefficient (Wildman–Crippen LogP) is 4.52. The standard InChI is InChI=1S/C30H30ClFN6O3.C3H8O/c31-24-17-26-22(16-25(32)27(24)36-12-14-37(15-13-36)30-33-8-3-9-34-30)28(39)23(29(40)41)19-38(26)21-6-4-20(5-7-21)18-35-10-1-2-11-35;1-3-4-2/h3-9,16-17,19,26H,1-2,10-15,18H2,(H,40,41);3H2,1-2H3. The molecule has 2 aromatic rings. The molecule has 0 radical (unpaired) electrons. The third kappa shape index (κ3) is 7.43. The van der Waals surface area contributed by atoms with Crippen LogP contribution in [-0.4, -0.2) is 95.7 Å². The third-order valence-corrected chi connectivity index (χ3v) is 8.53. The van der Waals surface area contributed by atoms with Gasteiger partial charge in [-0.1, -0.05) is 23.7 Å². The van der Waals surface area contributed by atoms with Crippen molar-refractivity contribution < 1.29 is 23.8 Å². The van der Waals surface area contributed by atoms with E-state index in [4.69, 9.17) is 11.6 Å². The fourth-order valence-electron chi connectivity index (χ4n) is 5.82. The lowest BCUT2D eigenvalue weighted by Gasteiger charge is -2.37. The fourth-order valence-corrected chi connectivity index (χ4v) is 6.15. The Balaban J connectivity index is 0.000000945. The Morgan fingerprint density at radius 1 is 1.04 bits per heavy atom. The van der Waals surface area contributed by atoms with Crippen LogP contribution in [0.15, 0.2) is 88.8 Å². The van der Waals surface area contributed by atoms with E-state index in [-0.39, 0.29) is 16.3 Å². The molecule has 10 nitrogen and oxygen atoms in total. The summed E-state index contributed by atoms with van der Waals surface area (Å²) in [4.78, 5) is 41.8. The Hall–Kier alpha value is -4.06. The van der Waals surface area contributed by atoms with E-state index in [1.807, 2.05) is 41.0 Å². The molecular weight excluding hydrogens is 599 g/mol. The maximum absolute atomic E-state index is 15.9. The highest BCUT2D eigenvalue weighted by atomic mass is 35.5. The topological polar surface area (TPSA) is 102 Å². The smallest absolute Gasteiger partial charge is 0.341 e. The second-order valence-electron chi connectivity index (χ2n) is 11.1. The van der Waals surface area contributed by atoms with Crippen LogP contribution >= 0.6 is 11.6 Å². The monoisotopic (exact) mass is 636 g/mol. The number of halogens is 2. The summed E-state index contributed by atoms with van der Waals surface area (Å²) in [5.41, 5.74) is 1.61. The number of hydrogen-bond acceptors (Lipinski definition) is 9. The minimum atomic E-state index is -1.37. The first-order valence-corrected chi connectivity index (χ1v) is 15.5. The van der Waals surface area contributed by atoms with Crippen molar-refractivity contribution in [1.82, 2.24) is 19.8 Å². The number of Topliss-reactive ketones (excluding diaryl/α,β-unsaturated/α-hetero) is 1. The predicted molar refractivity (Wildman–Crippen MR) is 171 cm³/mol. The van der Waals surface area contributed by atoms with Crippen LogP contribution in [0.4, 0.5) is 16.0 Å². The van der Waals surface area contributed by atoms with E-state index < -0.39 is 29.2 Å². The molecule has 1 aromatic carbocycles. The molecule has 12 heteroatoms. The van der Waals surface area contributed by atoms with Gasteiger partial charge in [0.1, 0.15) is 11.4 Å². The fraction of sp³-hybridized carbons (Fsp3) is 0.394. The average molecular weight is 637 g/mol. The van der Waals surface area contributed by atoms with E-state index in [0.29, 0.717) is 37.8 Å². The zero-order valence-electron chi connectivity index (χ0n) is 25.5. The molecule has 238 valence electrons. The molecule has 2 saturated heterocycles. The first-order valence-electron chi connectivity index (χ1n) is 15.1.